The van der Waals surface area contributed by atoms with E-state index in [9.17, 15) is 14.4 Å². The Morgan fingerprint density at radius 1 is 1.24 bits per heavy atom. The predicted octanol–water partition coefficient (Wildman–Crippen LogP) is 0.0670. The van der Waals surface area contributed by atoms with E-state index in [-0.39, 0.29) is 5.56 Å². The first-order chi connectivity index (χ1) is 9.97. The van der Waals surface area contributed by atoms with Crippen LogP contribution in [0.3, 0.4) is 0 Å². The molecule has 0 radical (unpaired) electrons. The number of unbranched alkanes of at least 4 members (excludes halogenated alkanes) is 1. The Morgan fingerprint density at radius 3 is 2.57 bits per heavy atom. The first-order valence-electron chi connectivity index (χ1n) is 6.57. The predicted molar refractivity (Wildman–Crippen MR) is 78.0 cm³/mol. The highest BCUT2D eigenvalue weighted by molar-refractivity contribution is 5.86. The van der Waals surface area contributed by atoms with E-state index in [0.717, 1.165) is 17.4 Å². The maximum Gasteiger partial charge on any atom is 0.330 e. The molecule has 0 saturated carbocycles. The molecule has 0 atom stereocenters. The van der Waals surface area contributed by atoms with E-state index in [1.54, 1.807) is 7.11 Å². The molecule has 0 aliphatic heterocycles. The molecule has 0 aromatic carbocycles. The van der Waals surface area contributed by atoms with Crippen molar-refractivity contribution >= 4 is 12.0 Å². The van der Waals surface area contributed by atoms with Crippen LogP contribution in [0.15, 0.2) is 21.9 Å². The van der Waals surface area contributed by atoms with Gasteiger partial charge in [-0.3, -0.25) is 9.36 Å². The Balaban J connectivity index is 2.63. The molecule has 0 aliphatic carbocycles. The smallest absolute Gasteiger partial charge is 0.330 e. The van der Waals surface area contributed by atoms with Crippen LogP contribution in [0.1, 0.15) is 18.4 Å². The number of ether oxygens (including phenoxy) is 2. The Morgan fingerprint density at radius 2 is 1.90 bits per heavy atom. The van der Waals surface area contributed by atoms with Gasteiger partial charge in [-0.2, -0.15) is 0 Å². The number of esters is 1. The molecule has 7 nitrogen and oxygen atoms in total. The van der Waals surface area contributed by atoms with E-state index in [2.05, 4.69) is 0 Å². The van der Waals surface area contributed by atoms with Gasteiger partial charge >= 0.3 is 11.7 Å². The van der Waals surface area contributed by atoms with Crippen molar-refractivity contribution in [2.75, 3.05) is 20.3 Å². The molecular formula is C14H20N2O5. The average molecular weight is 296 g/mol. The first-order valence-corrected chi connectivity index (χ1v) is 6.57. The van der Waals surface area contributed by atoms with Crippen molar-refractivity contribution in [2.45, 2.75) is 12.8 Å². The van der Waals surface area contributed by atoms with Gasteiger partial charge in [0.15, 0.2) is 0 Å². The largest absolute Gasteiger partial charge is 0.463 e. The zero-order chi connectivity index (χ0) is 15.8. The van der Waals surface area contributed by atoms with Gasteiger partial charge in [0.2, 0.25) is 0 Å². The zero-order valence-electron chi connectivity index (χ0n) is 12.5. The van der Waals surface area contributed by atoms with Gasteiger partial charge in [0.25, 0.3) is 5.56 Å². The fourth-order valence-corrected chi connectivity index (χ4v) is 1.68. The summed E-state index contributed by atoms with van der Waals surface area (Å²) in [4.78, 5) is 34.8. The van der Waals surface area contributed by atoms with Crippen LogP contribution in [-0.4, -0.2) is 35.4 Å². The minimum absolute atomic E-state index is 0.246. The number of carbonyl (C=O) groups excluding carboxylic acids is 1. The standard InChI is InChI=1S/C14H20N2O5/c1-15-10-11(13(18)16(2)14(15)19)6-7-12(17)21-9-5-4-8-20-3/h6-7,10H,4-5,8-9H2,1-3H3. The Kier molecular flexibility index (Phi) is 6.61. The molecule has 0 bridgehead atoms. The van der Waals surface area contributed by atoms with E-state index in [0.29, 0.717) is 13.2 Å². The summed E-state index contributed by atoms with van der Waals surface area (Å²) in [6, 6.07) is 0. The van der Waals surface area contributed by atoms with Gasteiger partial charge < -0.3 is 14.0 Å². The number of hydrogen-bond donors (Lipinski definition) is 0. The number of methoxy groups -OCH3 is 1. The van der Waals surface area contributed by atoms with Crippen LogP contribution in [0.4, 0.5) is 0 Å². The van der Waals surface area contributed by atoms with E-state index < -0.39 is 17.2 Å². The molecule has 0 spiro atoms. The fraction of sp³-hybridized carbons (Fsp3) is 0.500. The van der Waals surface area contributed by atoms with Crippen molar-refractivity contribution in [3.8, 4) is 0 Å². The van der Waals surface area contributed by atoms with Gasteiger partial charge in [0.1, 0.15) is 0 Å². The lowest BCUT2D eigenvalue weighted by Crippen LogP contribution is -2.37. The second-order valence-corrected chi connectivity index (χ2v) is 4.54. The molecule has 1 rings (SSSR count). The molecule has 0 amide bonds. The molecular weight excluding hydrogens is 276 g/mol. The highest BCUT2D eigenvalue weighted by Crippen LogP contribution is 1.95. The van der Waals surface area contributed by atoms with Crippen molar-refractivity contribution in [3.05, 3.63) is 38.7 Å². The van der Waals surface area contributed by atoms with E-state index in [4.69, 9.17) is 9.47 Å². The van der Waals surface area contributed by atoms with Crippen molar-refractivity contribution in [3.63, 3.8) is 0 Å². The lowest BCUT2D eigenvalue weighted by atomic mass is 10.3. The molecule has 1 aromatic rings. The van der Waals surface area contributed by atoms with Crippen LogP contribution in [0, 0.1) is 0 Å². The third-order valence-electron chi connectivity index (χ3n) is 2.86. The van der Waals surface area contributed by atoms with Gasteiger partial charge in [-0.15, -0.1) is 0 Å². The van der Waals surface area contributed by atoms with Crippen molar-refractivity contribution in [1.29, 1.82) is 0 Å². The fourth-order valence-electron chi connectivity index (χ4n) is 1.68. The Bertz CT molecular complexity index is 627. The molecule has 0 fully saturated rings. The van der Waals surface area contributed by atoms with Crippen molar-refractivity contribution in [1.82, 2.24) is 9.13 Å². The lowest BCUT2D eigenvalue weighted by Gasteiger charge is -2.03. The number of aromatic nitrogens is 2. The first kappa shape index (κ1) is 16.9. The molecule has 21 heavy (non-hydrogen) atoms. The van der Waals surface area contributed by atoms with E-state index in [1.165, 1.54) is 37.0 Å². The van der Waals surface area contributed by atoms with Crippen LogP contribution in [0.2, 0.25) is 0 Å². The minimum Gasteiger partial charge on any atom is -0.463 e. The van der Waals surface area contributed by atoms with Gasteiger partial charge in [0, 0.05) is 40.1 Å². The number of nitrogens with zero attached hydrogens (tertiary/aromatic N) is 2. The monoisotopic (exact) mass is 296 g/mol. The molecule has 116 valence electrons. The van der Waals surface area contributed by atoms with Gasteiger partial charge in [-0.25, -0.2) is 9.59 Å². The van der Waals surface area contributed by atoms with Gasteiger partial charge in [0.05, 0.1) is 12.2 Å². The van der Waals surface area contributed by atoms with Gasteiger partial charge in [-0.1, -0.05) is 0 Å². The molecule has 0 saturated heterocycles. The molecule has 1 heterocycles. The third kappa shape index (κ3) is 5.03. The van der Waals surface area contributed by atoms with Crippen molar-refractivity contribution < 1.29 is 14.3 Å². The maximum atomic E-state index is 11.8. The summed E-state index contributed by atoms with van der Waals surface area (Å²) in [5.41, 5.74) is -0.629. The molecule has 0 aliphatic rings. The van der Waals surface area contributed by atoms with Gasteiger partial charge in [-0.05, 0) is 18.9 Å². The Hall–Kier alpha value is -2.15. The number of carbonyl (C=O) groups is 1. The SMILES string of the molecule is COCCCCOC(=O)C=Cc1cn(C)c(=O)n(C)c1=O. The van der Waals surface area contributed by atoms with E-state index >= 15 is 0 Å². The number of hydrogen-bond acceptors (Lipinski definition) is 5. The highest BCUT2D eigenvalue weighted by atomic mass is 16.5. The molecule has 7 heteroatoms. The maximum absolute atomic E-state index is 11.8. The van der Waals surface area contributed by atoms with Crippen LogP contribution in [-0.2, 0) is 28.4 Å². The molecule has 1 aromatic heterocycles. The van der Waals surface area contributed by atoms with Crippen molar-refractivity contribution in [2.24, 2.45) is 14.1 Å². The number of rotatable bonds is 7. The summed E-state index contributed by atoms with van der Waals surface area (Å²) < 4.78 is 12.1. The van der Waals surface area contributed by atoms with Crippen LogP contribution < -0.4 is 11.2 Å². The third-order valence-corrected chi connectivity index (χ3v) is 2.86. The summed E-state index contributed by atoms with van der Waals surface area (Å²) in [6.45, 7) is 0.930. The molecule has 0 N–H and O–H groups in total. The van der Waals surface area contributed by atoms with E-state index in [1.807, 2.05) is 0 Å². The second kappa shape index (κ2) is 8.21. The summed E-state index contributed by atoms with van der Waals surface area (Å²) in [5.74, 6) is -0.525. The molecule has 0 unspecified atom stereocenters. The second-order valence-electron chi connectivity index (χ2n) is 4.54. The summed E-state index contributed by atoms with van der Waals surface area (Å²) in [6.07, 6.45) is 5.44. The average Bonchev–Trinajstić information content (AvgIpc) is 2.47. The normalized spacial score (nSPS) is 11.0. The van der Waals surface area contributed by atoms with Crippen LogP contribution >= 0.6 is 0 Å². The summed E-state index contributed by atoms with van der Waals surface area (Å²) in [7, 11) is 4.53. The quantitative estimate of drug-likeness (QED) is 0.404. The zero-order valence-corrected chi connectivity index (χ0v) is 12.5. The summed E-state index contributed by atoms with van der Waals surface area (Å²) in [5, 5.41) is 0. The minimum atomic E-state index is -0.525. The Labute approximate surface area is 122 Å². The van der Waals surface area contributed by atoms with Crippen LogP contribution in [0.5, 0.6) is 0 Å². The lowest BCUT2D eigenvalue weighted by molar-refractivity contribution is -0.137. The topological polar surface area (TPSA) is 79.5 Å². The van der Waals surface area contributed by atoms with Crippen LogP contribution in [0.25, 0.3) is 6.08 Å². The highest BCUT2D eigenvalue weighted by Gasteiger charge is 2.04. The summed E-state index contributed by atoms with van der Waals surface area (Å²) >= 11 is 0. The number of aryl methyl sites for hydroxylation is 1.